The minimum Gasteiger partial charge on any atom is -0.447 e. The van der Waals surface area contributed by atoms with Crippen LogP contribution in [0.4, 0.5) is 4.79 Å². The first-order chi connectivity index (χ1) is 6.92. The van der Waals surface area contributed by atoms with Gasteiger partial charge >= 0.3 is 6.09 Å². The first-order valence-corrected chi connectivity index (χ1v) is 5.68. The van der Waals surface area contributed by atoms with Crippen LogP contribution in [0.3, 0.4) is 0 Å². The third-order valence-electron chi connectivity index (χ3n) is 1.72. The van der Waals surface area contributed by atoms with Crippen LogP contribution in [0.15, 0.2) is 11.6 Å². The fourth-order valence-electron chi connectivity index (χ4n) is 1.08. The third kappa shape index (κ3) is 3.51. The Hall–Kier alpha value is -1.10. The van der Waals surface area contributed by atoms with E-state index in [0.29, 0.717) is 0 Å². The number of rotatable bonds is 3. The van der Waals surface area contributed by atoms with Gasteiger partial charge in [0.1, 0.15) is 5.01 Å². The summed E-state index contributed by atoms with van der Waals surface area (Å²) in [6, 6.07) is 0. The van der Waals surface area contributed by atoms with Crippen LogP contribution in [-0.2, 0) is 10.3 Å². The molecule has 5 heteroatoms. The molecule has 1 aromatic rings. The highest BCUT2D eigenvalue weighted by Gasteiger charge is 2.26. The average Bonchev–Trinajstić information content (AvgIpc) is 2.51. The van der Waals surface area contributed by atoms with Crippen molar-refractivity contribution in [1.82, 2.24) is 10.3 Å². The number of hydrogen-bond acceptors (Lipinski definition) is 4. The summed E-state index contributed by atoms with van der Waals surface area (Å²) >= 11 is 1.51. The smallest absolute Gasteiger partial charge is 0.408 e. The van der Waals surface area contributed by atoms with E-state index in [9.17, 15) is 4.79 Å². The Morgan fingerprint density at radius 2 is 2.27 bits per heavy atom. The van der Waals surface area contributed by atoms with E-state index in [4.69, 9.17) is 4.74 Å². The van der Waals surface area contributed by atoms with E-state index < -0.39 is 11.6 Å². The van der Waals surface area contributed by atoms with E-state index in [-0.39, 0.29) is 6.10 Å². The van der Waals surface area contributed by atoms with Gasteiger partial charge in [0.2, 0.25) is 0 Å². The maximum Gasteiger partial charge on any atom is 0.408 e. The van der Waals surface area contributed by atoms with E-state index >= 15 is 0 Å². The van der Waals surface area contributed by atoms with Crippen molar-refractivity contribution in [2.75, 3.05) is 0 Å². The molecular formula is C10H16N2O2S. The maximum absolute atomic E-state index is 11.4. The zero-order chi connectivity index (χ0) is 11.5. The fraction of sp³-hybridized carbons (Fsp3) is 0.600. The topological polar surface area (TPSA) is 51.2 Å². The van der Waals surface area contributed by atoms with Crippen molar-refractivity contribution in [3.8, 4) is 0 Å². The first-order valence-electron chi connectivity index (χ1n) is 4.80. The van der Waals surface area contributed by atoms with Gasteiger partial charge in [-0.15, -0.1) is 11.3 Å². The van der Waals surface area contributed by atoms with Crippen molar-refractivity contribution >= 4 is 17.4 Å². The number of ether oxygens (including phenoxy) is 1. The first kappa shape index (κ1) is 12.0. The normalized spacial score (nSPS) is 11.5. The summed E-state index contributed by atoms with van der Waals surface area (Å²) in [5.41, 5.74) is -0.486. The number of aromatic nitrogens is 1. The molecule has 0 aliphatic carbocycles. The van der Waals surface area contributed by atoms with Gasteiger partial charge in [0.15, 0.2) is 0 Å². The summed E-state index contributed by atoms with van der Waals surface area (Å²) in [7, 11) is 0. The van der Waals surface area contributed by atoms with Crippen LogP contribution in [-0.4, -0.2) is 17.2 Å². The van der Waals surface area contributed by atoms with Gasteiger partial charge in [0, 0.05) is 11.6 Å². The number of alkyl carbamates (subject to hydrolysis) is 1. The van der Waals surface area contributed by atoms with E-state index in [1.54, 1.807) is 6.20 Å². The Bertz CT molecular complexity index is 320. The van der Waals surface area contributed by atoms with Crippen molar-refractivity contribution < 1.29 is 9.53 Å². The Balaban J connectivity index is 2.61. The maximum atomic E-state index is 11.4. The van der Waals surface area contributed by atoms with E-state index in [0.717, 1.165) is 5.01 Å². The van der Waals surface area contributed by atoms with E-state index in [1.807, 2.05) is 33.1 Å². The number of thiazole rings is 1. The van der Waals surface area contributed by atoms with Crippen molar-refractivity contribution in [2.24, 2.45) is 0 Å². The molecule has 0 fully saturated rings. The zero-order valence-electron chi connectivity index (χ0n) is 9.40. The summed E-state index contributed by atoms with van der Waals surface area (Å²) in [5.74, 6) is 0. The summed E-state index contributed by atoms with van der Waals surface area (Å²) in [5, 5.41) is 5.52. The van der Waals surface area contributed by atoms with Gasteiger partial charge in [0.05, 0.1) is 11.6 Å². The quantitative estimate of drug-likeness (QED) is 0.864. The predicted octanol–water partition coefficient (Wildman–Crippen LogP) is 2.51. The summed E-state index contributed by atoms with van der Waals surface area (Å²) < 4.78 is 5.01. The highest BCUT2D eigenvalue weighted by Crippen LogP contribution is 2.21. The van der Waals surface area contributed by atoms with Crippen LogP contribution in [0.2, 0.25) is 0 Å². The zero-order valence-corrected chi connectivity index (χ0v) is 10.2. The Morgan fingerprint density at radius 3 is 2.73 bits per heavy atom. The molecule has 0 saturated heterocycles. The van der Waals surface area contributed by atoms with Crippen LogP contribution in [0.25, 0.3) is 0 Å². The molecule has 0 spiro atoms. The molecule has 0 atom stereocenters. The number of nitrogens with one attached hydrogen (secondary N) is 1. The number of carbonyl (C=O) groups is 1. The van der Waals surface area contributed by atoms with Gasteiger partial charge in [-0.3, -0.25) is 0 Å². The van der Waals surface area contributed by atoms with Gasteiger partial charge in [-0.05, 0) is 27.7 Å². The Kier molecular flexibility index (Phi) is 3.68. The molecule has 1 heterocycles. The molecule has 84 valence electrons. The number of hydrogen-bond donors (Lipinski definition) is 1. The lowest BCUT2D eigenvalue weighted by Gasteiger charge is -2.23. The lowest BCUT2D eigenvalue weighted by molar-refractivity contribution is 0.107. The van der Waals surface area contributed by atoms with Crippen LogP contribution in [0.5, 0.6) is 0 Å². The number of nitrogens with zero attached hydrogens (tertiary/aromatic N) is 1. The second kappa shape index (κ2) is 4.61. The predicted molar refractivity (Wildman–Crippen MR) is 59.9 cm³/mol. The van der Waals surface area contributed by atoms with Crippen molar-refractivity contribution in [3.63, 3.8) is 0 Å². The molecule has 1 rings (SSSR count). The summed E-state index contributed by atoms with van der Waals surface area (Å²) in [6.07, 6.45) is 1.19. The average molecular weight is 228 g/mol. The SMILES string of the molecule is CC(C)OC(=O)NC(C)(C)c1nccs1. The van der Waals surface area contributed by atoms with Crippen LogP contribution < -0.4 is 5.32 Å². The van der Waals surface area contributed by atoms with E-state index in [1.165, 1.54) is 11.3 Å². The molecule has 0 unspecified atom stereocenters. The van der Waals surface area contributed by atoms with E-state index in [2.05, 4.69) is 10.3 Å². The fourth-order valence-corrected chi connectivity index (χ4v) is 1.80. The van der Waals surface area contributed by atoms with Crippen molar-refractivity contribution in [1.29, 1.82) is 0 Å². The lowest BCUT2D eigenvalue weighted by atomic mass is 10.1. The lowest BCUT2D eigenvalue weighted by Crippen LogP contribution is -2.42. The molecular weight excluding hydrogens is 212 g/mol. The Labute approximate surface area is 93.7 Å². The highest BCUT2D eigenvalue weighted by molar-refractivity contribution is 7.09. The highest BCUT2D eigenvalue weighted by atomic mass is 32.1. The number of amides is 1. The van der Waals surface area contributed by atoms with Gasteiger partial charge in [-0.2, -0.15) is 0 Å². The molecule has 1 N–H and O–H groups in total. The van der Waals surface area contributed by atoms with Crippen LogP contribution >= 0.6 is 11.3 Å². The second-order valence-electron chi connectivity index (χ2n) is 4.04. The monoisotopic (exact) mass is 228 g/mol. The van der Waals surface area contributed by atoms with Gasteiger partial charge in [-0.25, -0.2) is 9.78 Å². The molecule has 0 radical (unpaired) electrons. The molecule has 0 aliphatic heterocycles. The minimum atomic E-state index is -0.486. The molecule has 0 aliphatic rings. The molecule has 0 bridgehead atoms. The second-order valence-corrected chi connectivity index (χ2v) is 4.94. The minimum absolute atomic E-state index is 0.114. The van der Waals surface area contributed by atoms with Gasteiger partial charge in [-0.1, -0.05) is 0 Å². The molecule has 0 saturated carbocycles. The summed E-state index contributed by atoms with van der Waals surface area (Å²) in [4.78, 5) is 15.6. The standard InChI is InChI=1S/C10H16N2O2S/c1-7(2)14-9(13)12-10(3,4)8-11-5-6-15-8/h5-7H,1-4H3,(H,12,13). The molecule has 1 amide bonds. The van der Waals surface area contributed by atoms with Crippen molar-refractivity contribution in [2.45, 2.75) is 39.3 Å². The molecule has 1 aromatic heterocycles. The van der Waals surface area contributed by atoms with Crippen molar-refractivity contribution in [3.05, 3.63) is 16.6 Å². The largest absolute Gasteiger partial charge is 0.447 e. The van der Waals surface area contributed by atoms with Crippen LogP contribution in [0.1, 0.15) is 32.7 Å². The molecule has 0 aromatic carbocycles. The molecule has 15 heavy (non-hydrogen) atoms. The Morgan fingerprint density at radius 1 is 1.60 bits per heavy atom. The summed E-state index contributed by atoms with van der Waals surface area (Å²) in [6.45, 7) is 7.42. The van der Waals surface area contributed by atoms with Gasteiger partial charge in [0.25, 0.3) is 0 Å². The van der Waals surface area contributed by atoms with Gasteiger partial charge < -0.3 is 10.1 Å². The van der Waals surface area contributed by atoms with Crippen LogP contribution in [0, 0.1) is 0 Å². The number of carbonyl (C=O) groups excluding carboxylic acids is 1. The molecule has 4 nitrogen and oxygen atoms in total. The third-order valence-corrected chi connectivity index (χ3v) is 2.82.